The molecule has 1 aromatic heterocycles. The summed E-state index contributed by atoms with van der Waals surface area (Å²) in [7, 11) is 0. The molecule has 3 aromatic rings. The van der Waals surface area contributed by atoms with Crippen LogP contribution in [0.3, 0.4) is 0 Å². The molecule has 29 heavy (non-hydrogen) atoms. The Labute approximate surface area is 178 Å². The van der Waals surface area contributed by atoms with Crippen molar-refractivity contribution >= 4 is 51.9 Å². The van der Waals surface area contributed by atoms with Crippen molar-refractivity contribution in [3.63, 3.8) is 0 Å². The SMILES string of the molecule is Nc1c(Nc2cccc(Cl)c2Cl)ncnc1N1CCN(c2ccc(F)cc2)CC1. The third kappa shape index (κ3) is 4.16. The highest BCUT2D eigenvalue weighted by Gasteiger charge is 2.22. The number of nitrogens with zero attached hydrogens (tertiary/aromatic N) is 4. The number of benzene rings is 2. The van der Waals surface area contributed by atoms with Gasteiger partial charge >= 0.3 is 0 Å². The van der Waals surface area contributed by atoms with Gasteiger partial charge in [-0.2, -0.15) is 0 Å². The van der Waals surface area contributed by atoms with Crippen molar-refractivity contribution in [2.75, 3.05) is 47.0 Å². The molecular formula is C20H19Cl2FN6. The van der Waals surface area contributed by atoms with Crippen molar-refractivity contribution < 1.29 is 4.39 Å². The molecule has 0 saturated carbocycles. The number of halogens is 3. The van der Waals surface area contributed by atoms with Crippen LogP contribution in [0.2, 0.25) is 10.0 Å². The van der Waals surface area contributed by atoms with Crippen LogP contribution in [0.15, 0.2) is 48.8 Å². The summed E-state index contributed by atoms with van der Waals surface area (Å²) in [6.07, 6.45) is 1.47. The van der Waals surface area contributed by atoms with Crippen LogP contribution in [-0.2, 0) is 0 Å². The Morgan fingerprint density at radius 1 is 0.931 bits per heavy atom. The van der Waals surface area contributed by atoms with Gasteiger partial charge in [-0.15, -0.1) is 0 Å². The van der Waals surface area contributed by atoms with E-state index in [2.05, 4.69) is 25.1 Å². The van der Waals surface area contributed by atoms with E-state index in [-0.39, 0.29) is 5.82 Å². The van der Waals surface area contributed by atoms with E-state index < -0.39 is 0 Å². The lowest BCUT2D eigenvalue weighted by Crippen LogP contribution is -2.47. The lowest BCUT2D eigenvalue weighted by Gasteiger charge is -2.37. The molecule has 1 saturated heterocycles. The second kappa shape index (κ2) is 8.31. The summed E-state index contributed by atoms with van der Waals surface area (Å²) in [5, 5.41) is 3.99. The molecule has 0 bridgehead atoms. The van der Waals surface area contributed by atoms with Crippen LogP contribution in [0.1, 0.15) is 0 Å². The Hall–Kier alpha value is -2.77. The molecule has 4 rings (SSSR count). The van der Waals surface area contributed by atoms with Crippen molar-refractivity contribution in [1.29, 1.82) is 0 Å². The first-order valence-electron chi connectivity index (χ1n) is 9.10. The summed E-state index contributed by atoms with van der Waals surface area (Å²) >= 11 is 12.3. The molecule has 0 radical (unpaired) electrons. The molecule has 3 N–H and O–H groups in total. The number of aromatic nitrogens is 2. The van der Waals surface area contributed by atoms with Gasteiger partial charge in [0.25, 0.3) is 0 Å². The molecular weight excluding hydrogens is 414 g/mol. The second-order valence-electron chi connectivity index (χ2n) is 6.64. The molecule has 2 aromatic carbocycles. The van der Waals surface area contributed by atoms with Gasteiger partial charge in [0.15, 0.2) is 11.6 Å². The van der Waals surface area contributed by atoms with Gasteiger partial charge in [0, 0.05) is 31.9 Å². The molecule has 1 aliphatic heterocycles. The Kier molecular flexibility index (Phi) is 5.60. The largest absolute Gasteiger partial charge is 0.393 e. The molecule has 0 amide bonds. The summed E-state index contributed by atoms with van der Waals surface area (Å²) in [6.45, 7) is 3.02. The third-order valence-electron chi connectivity index (χ3n) is 4.84. The van der Waals surface area contributed by atoms with Crippen LogP contribution in [0.5, 0.6) is 0 Å². The highest BCUT2D eigenvalue weighted by Crippen LogP contribution is 2.34. The zero-order valence-electron chi connectivity index (χ0n) is 15.4. The van der Waals surface area contributed by atoms with Gasteiger partial charge < -0.3 is 20.9 Å². The Bertz CT molecular complexity index is 1010. The standard InChI is InChI=1S/C20H19Cl2FN6/c21-15-2-1-3-16(17(15)22)27-19-18(24)20(26-12-25-19)29-10-8-28(9-11-29)14-6-4-13(23)5-7-14/h1-7,12H,8-11,24H2,(H,25,26,27). The fourth-order valence-electron chi connectivity index (χ4n) is 3.29. The number of hydrogen-bond acceptors (Lipinski definition) is 6. The van der Waals surface area contributed by atoms with Crippen LogP contribution in [0.25, 0.3) is 0 Å². The number of hydrogen-bond donors (Lipinski definition) is 2. The smallest absolute Gasteiger partial charge is 0.159 e. The van der Waals surface area contributed by atoms with Gasteiger partial charge in [-0.3, -0.25) is 0 Å². The quantitative estimate of drug-likeness (QED) is 0.628. The Balaban J connectivity index is 1.49. The zero-order valence-corrected chi connectivity index (χ0v) is 17.0. The minimum atomic E-state index is -0.235. The average molecular weight is 433 g/mol. The van der Waals surface area contributed by atoms with Crippen molar-refractivity contribution in [3.8, 4) is 0 Å². The number of nitrogens with one attached hydrogen (secondary N) is 1. The van der Waals surface area contributed by atoms with E-state index in [4.69, 9.17) is 28.9 Å². The summed E-state index contributed by atoms with van der Waals surface area (Å²) in [5.41, 5.74) is 8.42. The molecule has 9 heteroatoms. The lowest BCUT2D eigenvalue weighted by atomic mass is 10.2. The molecule has 150 valence electrons. The van der Waals surface area contributed by atoms with Crippen LogP contribution in [-0.4, -0.2) is 36.1 Å². The maximum absolute atomic E-state index is 13.1. The Morgan fingerprint density at radius 3 is 2.34 bits per heavy atom. The van der Waals surface area contributed by atoms with Crippen molar-refractivity contribution in [2.24, 2.45) is 0 Å². The van der Waals surface area contributed by atoms with Crippen molar-refractivity contribution in [3.05, 3.63) is 64.7 Å². The number of piperazine rings is 1. The third-order valence-corrected chi connectivity index (χ3v) is 5.66. The predicted molar refractivity (Wildman–Crippen MR) is 117 cm³/mol. The van der Waals surface area contributed by atoms with Gasteiger partial charge in [0.1, 0.15) is 17.8 Å². The highest BCUT2D eigenvalue weighted by molar-refractivity contribution is 6.43. The van der Waals surface area contributed by atoms with Crippen LogP contribution in [0, 0.1) is 5.82 Å². The first-order chi connectivity index (χ1) is 14.0. The molecule has 1 aliphatic rings. The van der Waals surface area contributed by atoms with E-state index in [0.717, 1.165) is 31.9 Å². The topological polar surface area (TPSA) is 70.3 Å². The van der Waals surface area contributed by atoms with Crippen LogP contribution >= 0.6 is 23.2 Å². The second-order valence-corrected chi connectivity index (χ2v) is 7.42. The predicted octanol–water partition coefficient (Wildman–Crippen LogP) is 4.57. The molecule has 6 nitrogen and oxygen atoms in total. The minimum Gasteiger partial charge on any atom is -0.393 e. The zero-order chi connectivity index (χ0) is 20.4. The van der Waals surface area contributed by atoms with Crippen LogP contribution < -0.4 is 20.9 Å². The van der Waals surface area contributed by atoms with Gasteiger partial charge in [0.2, 0.25) is 0 Å². The van der Waals surface area contributed by atoms with Gasteiger partial charge in [-0.1, -0.05) is 29.3 Å². The number of rotatable bonds is 4. The van der Waals surface area contributed by atoms with E-state index in [1.807, 2.05) is 0 Å². The summed E-state index contributed by atoms with van der Waals surface area (Å²) in [5.74, 6) is 0.903. The first kappa shape index (κ1) is 19.5. The number of nitrogen functional groups attached to an aromatic ring is 1. The average Bonchev–Trinajstić information content (AvgIpc) is 2.74. The monoisotopic (exact) mass is 432 g/mol. The molecule has 0 atom stereocenters. The van der Waals surface area contributed by atoms with E-state index >= 15 is 0 Å². The van der Waals surface area contributed by atoms with Crippen molar-refractivity contribution in [2.45, 2.75) is 0 Å². The van der Waals surface area contributed by atoms with E-state index in [0.29, 0.717) is 33.1 Å². The number of anilines is 5. The van der Waals surface area contributed by atoms with E-state index in [9.17, 15) is 4.39 Å². The highest BCUT2D eigenvalue weighted by atomic mass is 35.5. The summed E-state index contributed by atoms with van der Waals surface area (Å²) < 4.78 is 13.1. The van der Waals surface area contributed by atoms with E-state index in [1.54, 1.807) is 30.3 Å². The van der Waals surface area contributed by atoms with Gasteiger partial charge in [0.05, 0.1) is 15.7 Å². The van der Waals surface area contributed by atoms with Crippen molar-refractivity contribution in [1.82, 2.24) is 9.97 Å². The molecule has 0 aliphatic carbocycles. The minimum absolute atomic E-state index is 0.235. The Morgan fingerprint density at radius 2 is 1.62 bits per heavy atom. The lowest BCUT2D eigenvalue weighted by molar-refractivity contribution is 0.624. The first-order valence-corrected chi connectivity index (χ1v) is 9.85. The normalized spacial score (nSPS) is 14.2. The van der Waals surface area contributed by atoms with Crippen LogP contribution in [0.4, 0.5) is 33.1 Å². The molecule has 2 heterocycles. The number of nitrogens with two attached hydrogens (primary N) is 1. The summed E-state index contributed by atoms with van der Waals surface area (Å²) in [4.78, 5) is 12.9. The van der Waals surface area contributed by atoms with Gasteiger partial charge in [-0.05, 0) is 36.4 Å². The molecule has 0 unspecified atom stereocenters. The van der Waals surface area contributed by atoms with Gasteiger partial charge in [-0.25, -0.2) is 14.4 Å². The maximum atomic E-state index is 13.1. The fraction of sp³-hybridized carbons (Fsp3) is 0.200. The fourth-order valence-corrected chi connectivity index (χ4v) is 3.64. The molecule has 0 spiro atoms. The summed E-state index contributed by atoms with van der Waals surface area (Å²) in [6, 6.07) is 11.8. The molecule has 1 fully saturated rings. The van der Waals surface area contributed by atoms with E-state index in [1.165, 1.54) is 18.5 Å². The maximum Gasteiger partial charge on any atom is 0.159 e.